The Kier molecular flexibility index (Phi) is 6.03. The minimum absolute atomic E-state index is 0.637. The molecule has 7 heteroatoms. The van der Waals surface area contributed by atoms with E-state index in [9.17, 15) is 0 Å². The highest BCUT2D eigenvalue weighted by molar-refractivity contribution is 9.10. The first kappa shape index (κ1) is 19.4. The number of benzene rings is 1. The second kappa shape index (κ2) is 6.84. The van der Waals surface area contributed by atoms with Crippen molar-refractivity contribution in [2.24, 2.45) is 0 Å². The van der Waals surface area contributed by atoms with Gasteiger partial charge in [-0.25, -0.2) is 0 Å². The van der Waals surface area contributed by atoms with E-state index in [1.807, 2.05) is 6.92 Å². The van der Waals surface area contributed by atoms with Crippen molar-refractivity contribution in [3.8, 4) is 23.0 Å². The summed E-state index contributed by atoms with van der Waals surface area (Å²) < 4.78 is 24.6. The lowest BCUT2D eigenvalue weighted by atomic mass is 10.2. The molecule has 4 nitrogen and oxygen atoms in total. The first-order chi connectivity index (χ1) is 9.91. The minimum atomic E-state index is -1.85. The Hall–Kier alpha value is -0.666. The smallest absolute Gasteiger partial charge is 0.242 e. The lowest BCUT2D eigenvalue weighted by Gasteiger charge is -2.29. The zero-order valence-electron chi connectivity index (χ0n) is 15.0. The second-order valence-electron chi connectivity index (χ2n) is 7.09. The van der Waals surface area contributed by atoms with Crippen LogP contribution in [0.3, 0.4) is 0 Å². The average molecular weight is 407 g/mol. The molecular weight excluding hydrogens is 380 g/mol. The minimum Gasteiger partial charge on any atom is -0.539 e. The van der Waals surface area contributed by atoms with Crippen LogP contribution < -0.4 is 18.3 Å². The van der Waals surface area contributed by atoms with Gasteiger partial charge in [0.25, 0.3) is 0 Å². The topological polar surface area (TPSA) is 36.9 Å². The van der Waals surface area contributed by atoms with E-state index in [1.54, 1.807) is 14.2 Å². The van der Waals surface area contributed by atoms with Crippen LogP contribution in [0.1, 0.15) is 5.56 Å². The summed E-state index contributed by atoms with van der Waals surface area (Å²) >= 11 is 3.59. The fourth-order valence-corrected chi connectivity index (χ4v) is 4.09. The van der Waals surface area contributed by atoms with Crippen molar-refractivity contribution in [1.82, 2.24) is 0 Å². The molecule has 0 fully saturated rings. The molecule has 0 aliphatic rings. The Morgan fingerprint density at radius 1 is 0.682 bits per heavy atom. The van der Waals surface area contributed by atoms with Crippen molar-refractivity contribution in [3.05, 3.63) is 10.0 Å². The summed E-state index contributed by atoms with van der Waals surface area (Å²) in [5, 5.41) is 0. The second-order valence-corrected chi connectivity index (χ2v) is 16.7. The molecule has 1 rings (SSSR count). The number of rotatable bonds is 6. The van der Waals surface area contributed by atoms with E-state index >= 15 is 0 Å². The molecule has 22 heavy (non-hydrogen) atoms. The summed E-state index contributed by atoms with van der Waals surface area (Å²) in [4.78, 5) is 0. The number of halogens is 1. The molecule has 1 aromatic rings. The van der Waals surface area contributed by atoms with Crippen LogP contribution in [0.15, 0.2) is 4.47 Å². The van der Waals surface area contributed by atoms with Crippen LogP contribution in [0.2, 0.25) is 39.3 Å². The highest BCUT2D eigenvalue weighted by Gasteiger charge is 2.31. The first-order valence-electron chi connectivity index (χ1n) is 7.23. The standard InChI is InChI=1S/C15H27BrO4Si2/c1-10-11(16)13(18-3)15(20-22(7,8)9)14(12(10)17-2)19-21(4,5)6/h1-9H3. The molecule has 0 N–H and O–H groups in total. The van der Waals surface area contributed by atoms with Gasteiger partial charge in [0.05, 0.1) is 18.7 Å². The molecule has 0 aliphatic heterocycles. The maximum absolute atomic E-state index is 6.29. The average Bonchev–Trinajstić information content (AvgIpc) is 2.33. The van der Waals surface area contributed by atoms with Gasteiger partial charge in [0.15, 0.2) is 23.0 Å². The van der Waals surface area contributed by atoms with Crippen molar-refractivity contribution >= 4 is 32.6 Å². The summed E-state index contributed by atoms with van der Waals surface area (Å²) in [7, 11) is -0.404. The van der Waals surface area contributed by atoms with Gasteiger partial charge in [-0.1, -0.05) is 0 Å². The molecule has 0 amide bonds. The molecular formula is C15H27BrO4Si2. The number of methoxy groups -OCH3 is 2. The highest BCUT2D eigenvalue weighted by Crippen LogP contribution is 2.52. The third-order valence-electron chi connectivity index (χ3n) is 2.71. The van der Waals surface area contributed by atoms with Gasteiger partial charge in [0, 0.05) is 5.56 Å². The predicted molar refractivity (Wildman–Crippen MR) is 99.9 cm³/mol. The van der Waals surface area contributed by atoms with Crippen LogP contribution in [0, 0.1) is 6.92 Å². The molecule has 1 aromatic carbocycles. The Morgan fingerprint density at radius 2 is 1.05 bits per heavy atom. The van der Waals surface area contributed by atoms with Gasteiger partial charge in [-0.2, -0.15) is 0 Å². The fourth-order valence-electron chi connectivity index (χ4n) is 1.97. The van der Waals surface area contributed by atoms with Gasteiger partial charge in [-0.3, -0.25) is 0 Å². The fraction of sp³-hybridized carbons (Fsp3) is 0.600. The zero-order chi connectivity index (χ0) is 17.3. The SMILES string of the molecule is COc1c(C)c(Br)c(OC)c(O[Si](C)(C)C)c1O[Si](C)(C)C. The van der Waals surface area contributed by atoms with Gasteiger partial charge in [0.1, 0.15) is 0 Å². The molecule has 0 aliphatic carbocycles. The molecule has 0 atom stereocenters. The Bertz CT molecular complexity index is 499. The van der Waals surface area contributed by atoms with Gasteiger partial charge in [-0.05, 0) is 62.1 Å². The van der Waals surface area contributed by atoms with E-state index in [1.165, 1.54) is 0 Å². The summed E-state index contributed by atoms with van der Waals surface area (Å²) in [6.07, 6.45) is 0. The molecule has 126 valence electrons. The third kappa shape index (κ3) is 4.66. The molecule has 0 radical (unpaired) electrons. The molecule has 0 heterocycles. The van der Waals surface area contributed by atoms with Crippen LogP contribution in [-0.2, 0) is 0 Å². The number of hydrogen-bond acceptors (Lipinski definition) is 4. The van der Waals surface area contributed by atoms with E-state index in [2.05, 4.69) is 55.2 Å². The highest BCUT2D eigenvalue weighted by atomic mass is 79.9. The largest absolute Gasteiger partial charge is 0.539 e. The van der Waals surface area contributed by atoms with Crippen LogP contribution in [0.4, 0.5) is 0 Å². The first-order valence-corrected chi connectivity index (χ1v) is 14.8. The molecule has 0 saturated carbocycles. The maximum Gasteiger partial charge on any atom is 0.242 e. The van der Waals surface area contributed by atoms with Gasteiger partial charge >= 0.3 is 0 Å². The van der Waals surface area contributed by atoms with Crippen LogP contribution in [-0.4, -0.2) is 30.9 Å². The normalized spacial score (nSPS) is 12.1. The zero-order valence-corrected chi connectivity index (χ0v) is 18.6. The Labute approximate surface area is 144 Å². The Morgan fingerprint density at radius 3 is 1.36 bits per heavy atom. The summed E-state index contributed by atoms with van der Waals surface area (Å²) in [5.41, 5.74) is 0.940. The maximum atomic E-state index is 6.29. The van der Waals surface area contributed by atoms with Crippen molar-refractivity contribution in [2.45, 2.75) is 46.2 Å². The van der Waals surface area contributed by atoms with Crippen molar-refractivity contribution in [2.75, 3.05) is 14.2 Å². The summed E-state index contributed by atoms with van der Waals surface area (Å²) in [5.74, 6) is 2.65. The van der Waals surface area contributed by atoms with Crippen molar-refractivity contribution in [3.63, 3.8) is 0 Å². The molecule has 0 saturated heterocycles. The quantitative estimate of drug-likeness (QED) is 0.607. The van der Waals surface area contributed by atoms with Crippen LogP contribution in [0.25, 0.3) is 0 Å². The monoisotopic (exact) mass is 406 g/mol. The molecule has 0 aromatic heterocycles. The van der Waals surface area contributed by atoms with Gasteiger partial charge in [0.2, 0.25) is 16.6 Å². The number of ether oxygens (including phenoxy) is 2. The van der Waals surface area contributed by atoms with E-state index in [4.69, 9.17) is 18.3 Å². The van der Waals surface area contributed by atoms with E-state index in [0.29, 0.717) is 23.0 Å². The van der Waals surface area contributed by atoms with Crippen molar-refractivity contribution in [1.29, 1.82) is 0 Å². The van der Waals surface area contributed by atoms with Gasteiger partial charge in [-0.15, -0.1) is 0 Å². The lowest BCUT2D eigenvalue weighted by molar-refractivity contribution is 0.357. The van der Waals surface area contributed by atoms with Crippen LogP contribution >= 0.6 is 15.9 Å². The van der Waals surface area contributed by atoms with E-state index in [-0.39, 0.29) is 0 Å². The summed E-state index contributed by atoms with van der Waals surface area (Å²) in [6, 6.07) is 0. The van der Waals surface area contributed by atoms with E-state index in [0.717, 1.165) is 10.0 Å². The van der Waals surface area contributed by atoms with E-state index < -0.39 is 16.6 Å². The van der Waals surface area contributed by atoms with Crippen LogP contribution in [0.5, 0.6) is 23.0 Å². The summed E-state index contributed by atoms with van der Waals surface area (Å²) in [6.45, 7) is 14.8. The molecule has 0 spiro atoms. The predicted octanol–water partition coefficient (Wildman–Crippen LogP) is 5.20. The van der Waals surface area contributed by atoms with Gasteiger partial charge < -0.3 is 18.3 Å². The molecule has 0 bridgehead atoms. The number of hydrogen-bond donors (Lipinski definition) is 0. The lowest BCUT2D eigenvalue weighted by Crippen LogP contribution is -2.33. The molecule has 0 unspecified atom stereocenters. The Balaban J connectivity index is 3.69. The third-order valence-corrected chi connectivity index (χ3v) is 5.30. The van der Waals surface area contributed by atoms with Crippen molar-refractivity contribution < 1.29 is 18.3 Å².